The molecule has 0 radical (unpaired) electrons. The molecule has 0 aliphatic heterocycles. The molecule has 4 amide bonds. The second-order valence-corrected chi connectivity index (χ2v) is 7.36. The maximum Gasteiger partial charge on any atom is 0.326 e. The largest absolute Gasteiger partial charge is 0.481 e. The van der Waals surface area contributed by atoms with E-state index in [-0.39, 0.29) is 38.2 Å². The molecule has 0 spiro atoms. The Labute approximate surface area is 199 Å². The SMILES string of the molecule is NC(=O)CCC(NC(=O)C(CCCN=C(N)N)NC(=O)C(N)CO)C(=O)NC(CC(=O)O)C(=O)O. The van der Waals surface area contributed by atoms with E-state index in [0.29, 0.717) is 0 Å². The number of amides is 4. The average molecular weight is 505 g/mol. The van der Waals surface area contributed by atoms with Crippen molar-refractivity contribution in [2.24, 2.45) is 27.9 Å². The predicted molar refractivity (Wildman–Crippen MR) is 119 cm³/mol. The number of aliphatic hydroxyl groups excluding tert-OH is 1. The number of hydrogen-bond acceptors (Lipinski definition) is 9. The molecule has 4 unspecified atom stereocenters. The van der Waals surface area contributed by atoms with Crippen LogP contribution in [0.3, 0.4) is 0 Å². The third kappa shape index (κ3) is 13.3. The Bertz CT molecular complexity index is 816. The van der Waals surface area contributed by atoms with Crippen LogP contribution in [0.15, 0.2) is 4.99 Å². The van der Waals surface area contributed by atoms with Crippen molar-refractivity contribution < 1.29 is 44.1 Å². The molecule has 0 aliphatic carbocycles. The van der Waals surface area contributed by atoms with Crippen LogP contribution >= 0.6 is 0 Å². The minimum Gasteiger partial charge on any atom is -0.481 e. The van der Waals surface area contributed by atoms with Gasteiger partial charge >= 0.3 is 11.9 Å². The zero-order chi connectivity index (χ0) is 27.1. The second kappa shape index (κ2) is 15.8. The fourth-order valence-electron chi connectivity index (χ4n) is 2.61. The van der Waals surface area contributed by atoms with Crippen LogP contribution in [0.4, 0.5) is 0 Å². The quantitative estimate of drug-likeness (QED) is 0.0504. The summed E-state index contributed by atoms with van der Waals surface area (Å²) in [6.07, 6.45) is -1.51. The van der Waals surface area contributed by atoms with Gasteiger partial charge in [0.1, 0.15) is 24.2 Å². The molecule has 198 valence electrons. The molecule has 35 heavy (non-hydrogen) atoms. The third-order valence-electron chi connectivity index (χ3n) is 4.42. The molecule has 0 aliphatic rings. The van der Waals surface area contributed by atoms with Gasteiger partial charge in [0.15, 0.2) is 5.96 Å². The number of primary amides is 1. The number of aliphatic hydroxyl groups is 1. The van der Waals surface area contributed by atoms with E-state index in [9.17, 15) is 28.8 Å². The number of aliphatic carboxylic acids is 2. The molecule has 4 atom stereocenters. The summed E-state index contributed by atoms with van der Waals surface area (Å²) in [5.74, 6) is -7.04. The smallest absolute Gasteiger partial charge is 0.326 e. The maximum atomic E-state index is 12.9. The molecule has 0 aromatic rings. The highest BCUT2D eigenvalue weighted by atomic mass is 16.4. The predicted octanol–water partition coefficient (Wildman–Crippen LogP) is -5.36. The first-order chi connectivity index (χ1) is 16.3. The van der Waals surface area contributed by atoms with Crippen LogP contribution in [0, 0.1) is 0 Å². The minimum atomic E-state index is -1.81. The number of rotatable bonds is 17. The standard InChI is InChI=1S/C18H32N8O9/c19-8(7-27)14(31)24-9(2-1-5-23-18(21)22)15(32)25-10(3-4-12(20)28)16(33)26-11(17(34)35)6-13(29)30/h8-11,27H,1-7,19H2,(H2,20,28)(H,24,31)(H,25,32)(H,26,33)(H,29,30)(H,34,35)(H4,21,22,23). The number of guanidine groups is 1. The van der Waals surface area contributed by atoms with Crippen LogP contribution in [0.1, 0.15) is 32.1 Å². The number of nitrogens with two attached hydrogens (primary N) is 4. The van der Waals surface area contributed by atoms with Gasteiger partial charge in [-0.05, 0) is 19.3 Å². The monoisotopic (exact) mass is 504 g/mol. The Hall–Kier alpha value is -3.99. The van der Waals surface area contributed by atoms with Gasteiger partial charge in [-0.2, -0.15) is 0 Å². The first kappa shape index (κ1) is 31.0. The van der Waals surface area contributed by atoms with Gasteiger partial charge in [0, 0.05) is 13.0 Å². The van der Waals surface area contributed by atoms with Gasteiger partial charge in [-0.15, -0.1) is 0 Å². The lowest BCUT2D eigenvalue weighted by Crippen LogP contribution is -2.57. The molecule has 14 N–H and O–H groups in total. The average Bonchev–Trinajstić information content (AvgIpc) is 2.76. The highest BCUT2D eigenvalue weighted by Gasteiger charge is 2.31. The first-order valence-corrected chi connectivity index (χ1v) is 10.3. The molecule has 0 saturated heterocycles. The molecule has 0 aromatic heterocycles. The zero-order valence-corrected chi connectivity index (χ0v) is 18.8. The van der Waals surface area contributed by atoms with Gasteiger partial charge in [-0.3, -0.25) is 29.0 Å². The van der Waals surface area contributed by atoms with Crippen molar-refractivity contribution in [1.82, 2.24) is 16.0 Å². The zero-order valence-electron chi connectivity index (χ0n) is 18.8. The third-order valence-corrected chi connectivity index (χ3v) is 4.42. The van der Waals surface area contributed by atoms with Gasteiger partial charge in [0.25, 0.3) is 0 Å². The summed E-state index contributed by atoms with van der Waals surface area (Å²) in [7, 11) is 0. The van der Waals surface area contributed by atoms with Crippen molar-refractivity contribution in [3.63, 3.8) is 0 Å². The number of carboxylic acid groups (broad SMARTS) is 2. The van der Waals surface area contributed by atoms with Crippen molar-refractivity contribution in [2.45, 2.75) is 56.3 Å². The van der Waals surface area contributed by atoms with Crippen LogP contribution < -0.4 is 38.9 Å². The van der Waals surface area contributed by atoms with E-state index in [2.05, 4.69) is 15.6 Å². The van der Waals surface area contributed by atoms with E-state index in [1.54, 1.807) is 0 Å². The number of nitrogens with one attached hydrogen (secondary N) is 3. The van der Waals surface area contributed by atoms with Gasteiger partial charge in [0.05, 0.1) is 13.0 Å². The normalized spacial score (nSPS) is 13.9. The molecule has 0 saturated carbocycles. The van der Waals surface area contributed by atoms with Crippen molar-refractivity contribution in [1.29, 1.82) is 0 Å². The number of carboxylic acids is 2. The first-order valence-electron chi connectivity index (χ1n) is 10.3. The van der Waals surface area contributed by atoms with E-state index in [0.717, 1.165) is 0 Å². The Morgan fingerprint density at radius 1 is 0.800 bits per heavy atom. The van der Waals surface area contributed by atoms with Crippen molar-refractivity contribution in [3.05, 3.63) is 0 Å². The van der Waals surface area contributed by atoms with Crippen LogP contribution in [0.25, 0.3) is 0 Å². The second-order valence-electron chi connectivity index (χ2n) is 7.36. The summed E-state index contributed by atoms with van der Waals surface area (Å²) in [4.78, 5) is 74.6. The van der Waals surface area contributed by atoms with Crippen LogP contribution in [-0.2, 0) is 28.8 Å². The fraction of sp³-hybridized carbons (Fsp3) is 0.611. The van der Waals surface area contributed by atoms with Crippen molar-refractivity contribution >= 4 is 41.5 Å². The molecular weight excluding hydrogens is 472 g/mol. The molecule has 17 nitrogen and oxygen atoms in total. The van der Waals surface area contributed by atoms with Crippen LogP contribution in [-0.4, -0.2) is 94.2 Å². The minimum absolute atomic E-state index is 0.0343. The number of carbonyl (C=O) groups is 6. The van der Waals surface area contributed by atoms with E-state index in [1.807, 2.05) is 5.32 Å². The molecule has 17 heteroatoms. The Balaban J connectivity index is 5.63. The molecule has 0 rings (SSSR count). The van der Waals surface area contributed by atoms with Gasteiger partial charge in [0.2, 0.25) is 23.6 Å². The molecule has 0 bridgehead atoms. The van der Waals surface area contributed by atoms with E-state index in [1.165, 1.54) is 0 Å². The summed E-state index contributed by atoms with van der Waals surface area (Å²) in [6, 6.07) is -5.95. The van der Waals surface area contributed by atoms with Crippen LogP contribution in [0.2, 0.25) is 0 Å². The summed E-state index contributed by atoms with van der Waals surface area (Å²) in [6.45, 7) is -0.618. The fourth-order valence-corrected chi connectivity index (χ4v) is 2.61. The van der Waals surface area contributed by atoms with E-state index < -0.39 is 72.8 Å². The Morgan fingerprint density at radius 2 is 1.31 bits per heavy atom. The maximum absolute atomic E-state index is 12.9. The number of carbonyl (C=O) groups excluding carboxylic acids is 4. The number of aliphatic imine (C=N–C) groups is 1. The molecule has 0 fully saturated rings. The lowest BCUT2D eigenvalue weighted by molar-refractivity contribution is -0.147. The highest BCUT2D eigenvalue weighted by Crippen LogP contribution is 2.05. The highest BCUT2D eigenvalue weighted by molar-refractivity contribution is 5.94. The summed E-state index contributed by atoms with van der Waals surface area (Å²) < 4.78 is 0. The Kier molecular flexibility index (Phi) is 14.0. The lowest BCUT2D eigenvalue weighted by Gasteiger charge is -2.24. The van der Waals surface area contributed by atoms with Crippen molar-refractivity contribution in [2.75, 3.05) is 13.2 Å². The molecule has 0 heterocycles. The lowest BCUT2D eigenvalue weighted by atomic mass is 10.1. The molecular formula is C18H32N8O9. The summed E-state index contributed by atoms with van der Waals surface area (Å²) in [5.41, 5.74) is 21.0. The van der Waals surface area contributed by atoms with Crippen molar-refractivity contribution in [3.8, 4) is 0 Å². The van der Waals surface area contributed by atoms with E-state index >= 15 is 0 Å². The summed E-state index contributed by atoms with van der Waals surface area (Å²) in [5, 5.41) is 33.6. The van der Waals surface area contributed by atoms with Gasteiger partial charge < -0.3 is 54.2 Å². The number of hydrogen-bond donors (Lipinski definition) is 10. The number of nitrogens with zero attached hydrogens (tertiary/aromatic N) is 1. The topological polar surface area (TPSA) is 316 Å². The van der Waals surface area contributed by atoms with Gasteiger partial charge in [-0.1, -0.05) is 0 Å². The van der Waals surface area contributed by atoms with Crippen LogP contribution in [0.5, 0.6) is 0 Å². The van der Waals surface area contributed by atoms with E-state index in [4.69, 9.17) is 38.3 Å². The molecule has 0 aromatic carbocycles. The van der Waals surface area contributed by atoms with Gasteiger partial charge in [-0.25, -0.2) is 4.79 Å². The summed E-state index contributed by atoms with van der Waals surface area (Å²) >= 11 is 0. The Morgan fingerprint density at radius 3 is 1.77 bits per heavy atom.